The normalized spacial score (nSPS) is 18.6. The zero-order valence-corrected chi connectivity index (χ0v) is 13.5. The zero-order valence-electron chi connectivity index (χ0n) is 12.7. The van der Waals surface area contributed by atoms with E-state index in [0.29, 0.717) is 12.6 Å². The zero-order chi connectivity index (χ0) is 14.8. The van der Waals surface area contributed by atoms with Gasteiger partial charge >= 0.3 is 0 Å². The molecule has 1 N–H and O–H groups in total. The SMILES string of the molecule is CC(C)NCc1nc(N2CCOC(C)(C)C2)ccc1Cl. The molecule has 1 saturated heterocycles. The van der Waals surface area contributed by atoms with Crippen LogP contribution in [0.5, 0.6) is 0 Å². The van der Waals surface area contributed by atoms with Crippen molar-refractivity contribution >= 4 is 17.4 Å². The summed E-state index contributed by atoms with van der Waals surface area (Å²) in [6, 6.07) is 4.34. The molecule has 112 valence electrons. The molecule has 20 heavy (non-hydrogen) atoms. The number of aromatic nitrogens is 1. The third kappa shape index (κ3) is 4.08. The molecule has 0 spiro atoms. The van der Waals surface area contributed by atoms with Crippen molar-refractivity contribution in [1.82, 2.24) is 10.3 Å². The van der Waals surface area contributed by atoms with Crippen molar-refractivity contribution < 1.29 is 4.74 Å². The Morgan fingerprint density at radius 2 is 2.20 bits per heavy atom. The average molecular weight is 298 g/mol. The van der Waals surface area contributed by atoms with E-state index in [9.17, 15) is 0 Å². The first-order valence-corrected chi connectivity index (χ1v) is 7.53. The van der Waals surface area contributed by atoms with Crippen molar-refractivity contribution in [2.24, 2.45) is 0 Å². The Hall–Kier alpha value is -0.840. The maximum atomic E-state index is 6.23. The summed E-state index contributed by atoms with van der Waals surface area (Å²) in [5.74, 6) is 0.978. The minimum Gasteiger partial charge on any atom is -0.372 e. The molecule has 1 aromatic heterocycles. The van der Waals surface area contributed by atoms with Gasteiger partial charge in [0.1, 0.15) is 5.82 Å². The van der Waals surface area contributed by atoms with Crippen molar-refractivity contribution in [3.8, 4) is 0 Å². The van der Waals surface area contributed by atoms with Crippen LogP contribution in [0.1, 0.15) is 33.4 Å². The Bertz CT molecular complexity index is 462. The van der Waals surface area contributed by atoms with Gasteiger partial charge in [-0.3, -0.25) is 0 Å². The third-order valence-corrected chi connectivity index (χ3v) is 3.68. The van der Waals surface area contributed by atoms with Crippen LogP contribution in [0.25, 0.3) is 0 Å². The van der Waals surface area contributed by atoms with Gasteiger partial charge < -0.3 is 15.0 Å². The monoisotopic (exact) mass is 297 g/mol. The predicted molar refractivity (Wildman–Crippen MR) is 83.5 cm³/mol. The van der Waals surface area contributed by atoms with Gasteiger partial charge in [-0.1, -0.05) is 25.4 Å². The lowest BCUT2D eigenvalue weighted by Gasteiger charge is -2.39. The summed E-state index contributed by atoms with van der Waals surface area (Å²) in [6.45, 7) is 11.6. The summed E-state index contributed by atoms with van der Waals surface area (Å²) in [5.41, 5.74) is 0.776. The maximum absolute atomic E-state index is 6.23. The molecule has 0 amide bonds. The van der Waals surface area contributed by atoms with Gasteiger partial charge in [0.15, 0.2) is 0 Å². The third-order valence-electron chi connectivity index (χ3n) is 3.33. The number of hydrogen-bond acceptors (Lipinski definition) is 4. The number of anilines is 1. The summed E-state index contributed by atoms with van der Waals surface area (Å²) in [6.07, 6.45) is 0. The van der Waals surface area contributed by atoms with Crippen LogP contribution < -0.4 is 10.2 Å². The molecule has 0 aromatic carbocycles. The van der Waals surface area contributed by atoms with E-state index in [0.717, 1.165) is 36.2 Å². The molecule has 1 aliphatic heterocycles. The van der Waals surface area contributed by atoms with Crippen LogP contribution in [0.4, 0.5) is 5.82 Å². The van der Waals surface area contributed by atoms with E-state index in [1.807, 2.05) is 12.1 Å². The molecule has 0 bridgehead atoms. The summed E-state index contributed by atoms with van der Waals surface area (Å²) < 4.78 is 5.74. The highest BCUT2D eigenvalue weighted by molar-refractivity contribution is 6.31. The minimum absolute atomic E-state index is 0.129. The molecular formula is C15H24ClN3O. The molecule has 5 heteroatoms. The first kappa shape index (κ1) is 15.5. The Morgan fingerprint density at radius 3 is 2.85 bits per heavy atom. The summed E-state index contributed by atoms with van der Waals surface area (Å²) >= 11 is 6.23. The second-order valence-electron chi connectivity index (χ2n) is 6.16. The van der Waals surface area contributed by atoms with Crippen LogP contribution in [-0.2, 0) is 11.3 Å². The highest BCUT2D eigenvalue weighted by Gasteiger charge is 2.28. The number of pyridine rings is 1. The largest absolute Gasteiger partial charge is 0.372 e. The highest BCUT2D eigenvalue weighted by Crippen LogP contribution is 2.24. The molecule has 2 rings (SSSR count). The van der Waals surface area contributed by atoms with Gasteiger partial charge in [0.25, 0.3) is 0 Å². The average Bonchev–Trinajstić information content (AvgIpc) is 2.36. The molecule has 1 aliphatic rings. The number of nitrogens with one attached hydrogen (secondary N) is 1. The van der Waals surface area contributed by atoms with Crippen LogP contribution in [0.2, 0.25) is 5.02 Å². The van der Waals surface area contributed by atoms with Crippen molar-refractivity contribution in [1.29, 1.82) is 0 Å². The van der Waals surface area contributed by atoms with Crippen molar-refractivity contribution in [2.45, 2.75) is 45.9 Å². The van der Waals surface area contributed by atoms with E-state index in [2.05, 4.69) is 37.9 Å². The second-order valence-corrected chi connectivity index (χ2v) is 6.57. The topological polar surface area (TPSA) is 37.4 Å². The Kier molecular flexibility index (Phi) is 4.89. The van der Waals surface area contributed by atoms with Crippen molar-refractivity contribution in [3.05, 3.63) is 22.8 Å². The summed E-state index contributed by atoms with van der Waals surface area (Å²) in [7, 11) is 0. The molecule has 4 nitrogen and oxygen atoms in total. The molecule has 0 saturated carbocycles. The molecular weight excluding hydrogens is 274 g/mol. The van der Waals surface area contributed by atoms with Gasteiger partial charge in [0.05, 0.1) is 22.9 Å². The van der Waals surface area contributed by atoms with E-state index >= 15 is 0 Å². The van der Waals surface area contributed by atoms with E-state index in [4.69, 9.17) is 21.3 Å². The Balaban J connectivity index is 2.14. The van der Waals surface area contributed by atoms with Crippen LogP contribution >= 0.6 is 11.6 Å². The maximum Gasteiger partial charge on any atom is 0.129 e. The fourth-order valence-electron chi connectivity index (χ4n) is 2.29. The highest BCUT2D eigenvalue weighted by atomic mass is 35.5. The number of nitrogens with zero attached hydrogens (tertiary/aromatic N) is 2. The Labute approximate surface area is 126 Å². The second kappa shape index (κ2) is 6.29. The van der Waals surface area contributed by atoms with Gasteiger partial charge in [0.2, 0.25) is 0 Å². The van der Waals surface area contributed by atoms with Crippen molar-refractivity contribution in [3.63, 3.8) is 0 Å². The lowest BCUT2D eigenvalue weighted by molar-refractivity contribution is -0.0279. The molecule has 0 radical (unpaired) electrons. The number of rotatable bonds is 4. The van der Waals surface area contributed by atoms with E-state index in [1.54, 1.807) is 0 Å². The number of morpholine rings is 1. The quantitative estimate of drug-likeness (QED) is 0.927. The number of ether oxygens (including phenoxy) is 1. The lowest BCUT2D eigenvalue weighted by Crippen LogP contribution is -2.48. The number of hydrogen-bond donors (Lipinski definition) is 1. The van der Waals surface area contributed by atoms with Gasteiger partial charge in [-0.15, -0.1) is 0 Å². The Morgan fingerprint density at radius 1 is 1.45 bits per heavy atom. The van der Waals surface area contributed by atoms with Gasteiger partial charge in [-0.25, -0.2) is 4.98 Å². The van der Waals surface area contributed by atoms with Crippen LogP contribution in [-0.4, -0.2) is 36.3 Å². The standard InChI is InChI=1S/C15H24ClN3O/c1-11(2)17-9-13-12(16)5-6-14(18-13)19-7-8-20-15(3,4)10-19/h5-6,11,17H,7-10H2,1-4H3. The molecule has 0 atom stereocenters. The summed E-state index contributed by atoms with van der Waals surface area (Å²) in [4.78, 5) is 6.97. The molecule has 1 fully saturated rings. The molecule has 0 aliphatic carbocycles. The fourth-order valence-corrected chi connectivity index (χ4v) is 2.46. The van der Waals surface area contributed by atoms with Crippen molar-refractivity contribution in [2.75, 3.05) is 24.6 Å². The van der Waals surface area contributed by atoms with Crippen LogP contribution in [0.3, 0.4) is 0 Å². The van der Waals surface area contributed by atoms with Crippen LogP contribution in [0.15, 0.2) is 12.1 Å². The lowest BCUT2D eigenvalue weighted by atomic mass is 10.1. The van der Waals surface area contributed by atoms with Crippen LogP contribution in [0, 0.1) is 0 Å². The van der Waals surface area contributed by atoms with E-state index in [-0.39, 0.29) is 5.60 Å². The molecule has 0 unspecified atom stereocenters. The van der Waals surface area contributed by atoms with Gasteiger partial charge in [-0.05, 0) is 26.0 Å². The first-order chi connectivity index (χ1) is 9.37. The summed E-state index contributed by atoms with van der Waals surface area (Å²) in [5, 5.41) is 4.08. The van der Waals surface area contributed by atoms with E-state index in [1.165, 1.54) is 0 Å². The first-order valence-electron chi connectivity index (χ1n) is 7.15. The van der Waals surface area contributed by atoms with Gasteiger partial charge in [0, 0.05) is 25.7 Å². The van der Waals surface area contributed by atoms with Gasteiger partial charge in [-0.2, -0.15) is 0 Å². The molecule has 2 heterocycles. The number of halogens is 1. The fraction of sp³-hybridized carbons (Fsp3) is 0.667. The minimum atomic E-state index is -0.129. The predicted octanol–water partition coefficient (Wildman–Crippen LogP) is 2.85. The smallest absolute Gasteiger partial charge is 0.129 e. The van der Waals surface area contributed by atoms with E-state index < -0.39 is 0 Å². The molecule has 1 aromatic rings.